The van der Waals surface area contributed by atoms with E-state index in [1.54, 1.807) is 0 Å². The molecule has 2 aliphatic rings. The maximum atomic E-state index is 2.48. The standard InChI is InChI=1S/C44H35N/c1-43(2)38-18-10-9-17-34(38)35-22-20-31(26-40(35)43)45(42-19-11-15-28-12-7-8-16-33(28)42)32-21-23-36-37-24-29-13-5-6-14-30(29)25-39(37)44(3,4)41(36)27-32/h5-27H,1-4H3. The van der Waals surface area contributed by atoms with Crippen molar-refractivity contribution in [2.45, 2.75) is 38.5 Å². The average molecular weight is 578 g/mol. The number of hydrogen-bond acceptors (Lipinski definition) is 1. The smallest absolute Gasteiger partial charge is 0.0540 e. The Morgan fingerprint density at radius 3 is 1.62 bits per heavy atom. The van der Waals surface area contributed by atoms with Crippen molar-refractivity contribution < 1.29 is 0 Å². The minimum Gasteiger partial charge on any atom is -0.310 e. The molecule has 0 bridgehead atoms. The van der Waals surface area contributed by atoms with Gasteiger partial charge in [-0.2, -0.15) is 0 Å². The molecule has 0 aromatic heterocycles. The zero-order chi connectivity index (χ0) is 30.5. The molecule has 0 atom stereocenters. The van der Waals surface area contributed by atoms with Gasteiger partial charge in [-0.15, -0.1) is 0 Å². The molecule has 1 heteroatoms. The van der Waals surface area contributed by atoms with Crippen molar-refractivity contribution in [3.05, 3.63) is 162 Å². The summed E-state index contributed by atoms with van der Waals surface area (Å²) in [4.78, 5) is 2.48. The topological polar surface area (TPSA) is 3.24 Å². The van der Waals surface area contributed by atoms with Crippen molar-refractivity contribution in [3.63, 3.8) is 0 Å². The third-order valence-electron chi connectivity index (χ3n) is 10.6. The highest BCUT2D eigenvalue weighted by molar-refractivity contribution is 6.00. The molecular formula is C44H35N. The van der Waals surface area contributed by atoms with Crippen LogP contribution in [0, 0.1) is 0 Å². The molecular weight excluding hydrogens is 542 g/mol. The lowest BCUT2D eigenvalue weighted by molar-refractivity contribution is 0.660. The molecule has 0 aliphatic heterocycles. The molecule has 0 heterocycles. The van der Waals surface area contributed by atoms with Crippen molar-refractivity contribution >= 4 is 38.6 Å². The fourth-order valence-electron chi connectivity index (χ4n) is 8.21. The van der Waals surface area contributed by atoms with E-state index in [1.807, 2.05) is 0 Å². The molecule has 0 amide bonds. The first kappa shape index (κ1) is 26.3. The van der Waals surface area contributed by atoms with Crippen molar-refractivity contribution in [3.8, 4) is 22.3 Å². The highest BCUT2D eigenvalue weighted by atomic mass is 15.1. The van der Waals surface area contributed by atoms with Gasteiger partial charge in [0.25, 0.3) is 0 Å². The van der Waals surface area contributed by atoms with Crippen molar-refractivity contribution in [2.24, 2.45) is 0 Å². The summed E-state index contributed by atoms with van der Waals surface area (Å²) >= 11 is 0. The van der Waals surface area contributed by atoms with Crippen LogP contribution in [0.25, 0.3) is 43.8 Å². The van der Waals surface area contributed by atoms with Gasteiger partial charge >= 0.3 is 0 Å². The van der Waals surface area contributed by atoms with Gasteiger partial charge in [0.15, 0.2) is 0 Å². The number of rotatable bonds is 3. The maximum absolute atomic E-state index is 2.48. The van der Waals surface area contributed by atoms with Crippen LogP contribution < -0.4 is 4.90 Å². The molecule has 45 heavy (non-hydrogen) atoms. The van der Waals surface area contributed by atoms with Gasteiger partial charge in [0.2, 0.25) is 0 Å². The summed E-state index contributed by atoms with van der Waals surface area (Å²) in [6, 6.07) is 52.1. The monoisotopic (exact) mass is 577 g/mol. The predicted molar refractivity (Wildman–Crippen MR) is 191 cm³/mol. The molecule has 0 fully saturated rings. The van der Waals surface area contributed by atoms with Gasteiger partial charge in [-0.05, 0) is 103 Å². The Morgan fingerprint density at radius 2 is 0.889 bits per heavy atom. The van der Waals surface area contributed by atoms with E-state index in [0.29, 0.717) is 0 Å². The van der Waals surface area contributed by atoms with Crippen LogP contribution in [0.1, 0.15) is 49.9 Å². The lowest BCUT2D eigenvalue weighted by Gasteiger charge is -2.30. The van der Waals surface area contributed by atoms with E-state index in [0.717, 1.165) is 0 Å². The Bertz CT molecular complexity index is 2330. The van der Waals surface area contributed by atoms with Crippen LogP contribution in [0.3, 0.4) is 0 Å². The summed E-state index contributed by atoms with van der Waals surface area (Å²) in [6.07, 6.45) is 0. The third kappa shape index (κ3) is 3.68. The van der Waals surface area contributed by atoms with E-state index in [-0.39, 0.29) is 10.8 Å². The molecule has 0 N–H and O–H groups in total. The highest BCUT2D eigenvalue weighted by Crippen LogP contribution is 2.54. The summed E-state index contributed by atoms with van der Waals surface area (Å²) in [5, 5.41) is 5.09. The summed E-state index contributed by atoms with van der Waals surface area (Å²) < 4.78 is 0. The molecule has 2 aliphatic carbocycles. The van der Waals surface area contributed by atoms with Crippen LogP contribution in [0.4, 0.5) is 17.1 Å². The van der Waals surface area contributed by atoms with E-state index < -0.39 is 0 Å². The number of benzene rings is 7. The van der Waals surface area contributed by atoms with Gasteiger partial charge in [-0.25, -0.2) is 0 Å². The van der Waals surface area contributed by atoms with Gasteiger partial charge in [0, 0.05) is 27.6 Å². The molecule has 9 rings (SSSR count). The molecule has 1 nitrogen and oxygen atoms in total. The summed E-state index contributed by atoms with van der Waals surface area (Å²) in [7, 11) is 0. The first-order valence-electron chi connectivity index (χ1n) is 16.0. The zero-order valence-corrected chi connectivity index (χ0v) is 26.2. The second-order valence-electron chi connectivity index (χ2n) is 13.8. The van der Waals surface area contributed by atoms with Crippen LogP contribution in [0.2, 0.25) is 0 Å². The Morgan fingerprint density at radius 1 is 0.378 bits per heavy atom. The SMILES string of the molecule is CC1(C)c2ccccc2-c2ccc(N(c3ccc4c(c3)C(C)(C)c3cc5ccccc5cc3-4)c3cccc4ccccc34)cc21. The quantitative estimate of drug-likeness (QED) is 0.202. The molecule has 216 valence electrons. The van der Waals surface area contributed by atoms with E-state index in [9.17, 15) is 0 Å². The van der Waals surface area contributed by atoms with Gasteiger partial charge in [-0.3, -0.25) is 0 Å². The molecule has 0 saturated carbocycles. The summed E-state index contributed by atoms with van der Waals surface area (Å²) in [5.74, 6) is 0. The van der Waals surface area contributed by atoms with Crippen molar-refractivity contribution in [2.75, 3.05) is 4.90 Å². The molecule has 7 aromatic rings. The Hall–Kier alpha value is -5.14. The minimum atomic E-state index is -0.114. The second kappa shape index (κ2) is 9.19. The number of hydrogen-bond donors (Lipinski definition) is 0. The zero-order valence-electron chi connectivity index (χ0n) is 26.2. The first-order chi connectivity index (χ1) is 21.8. The number of anilines is 3. The highest BCUT2D eigenvalue weighted by Gasteiger charge is 2.38. The van der Waals surface area contributed by atoms with Gasteiger partial charge in [0.1, 0.15) is 0 Å². The summed E-state index contributed by atoms with van der Waals surface area (Å²) in [5.41, 5.74) is 14.3. The Kier molecular flexibility index (Phi) is 5.37. The van der Waals surface area contributed by atoms with Crippen molar-refractivity contribution in [1.82, 2.24) is 0 Å². The predicted octanol–water partition coefficient (Wildman–Crippen LogP) is 12.1. The molecule has 0 saturated heterocycles. The van der Waals surface area contributed by atoms with E-state index in [1.165, 1.54) is 83.1 Å². The van der Waals surface area contributed by atoms with Crippen LogP contribution in [0.15, 0.2) is 140 Å². The largest absolute Gasteiger partial charge is 0.310 e. The Labute approximate surface area is 265 Å². The van der Waals surface area contributed by atoms with Gasteiger partial charge in [0.05, 0.1) is 5.69 Å². The van der Waals surface area contributed by atoms with E-state index in [2.05, 4.69) is 172 Å². The fraction of sp³-hybridized carbons (Fsp3) is 0.136. The molecule has 0 unspecified atom stereocenters. The first-order valence-corrected chi connectivity index (χ1v) is 16.0. The van der Waals surface area contributed by atoms with E-state index >= 15 is 0 Å². The van der Waals surface area contributed by atoms with E-state index in [4.69, 9.17) is 0 Å². The third-order valence-corrected chi connectivity index (χ3v) is 10.6. The molecule has 0 spiro atoms. The van der Waals surface area contributed by atoms with Crippen LogP contribution in [0.5, 0.6) is 0 Å². The normalized spacial score (nSPS) is 15.0. The molecule has 0 radical (unpaired) electrons. The van der Waals surface area contributed by atoms with Crippen molar-refractivity contribution in [1.29, 1.82) is 0 Å². The van der Waals surface area contributed by atoms with Crippen LogP contribution in [-0.2, 0) is 10.8 Å². The van der Waals surface area contributed by atoms with Crippen LogP contribution in [-0.4, -0.2) is 0 Å². The summed E-state index contributed by atoms with van der Waals surface area (Å²) in [6.45, 7) is 9.49. The fourth-order valence-corrected chi connectivity index (χ4v) is 8.21. The second-order valence-corrected chi connectivity index (χ2v) is 13.8. The van der Waals surface area contributed by atoms with Crippen LogP contribution >= 0.6 is 0 Å². The van der Waals surface area contributed by atoms with Gasteiger partial charge < -0.3 is 4.90 Å². The molecule has 7 aromatic carbocycles. The lowest BCUT2D eigenvalue weighted by atomic mass is 9.81. The Balaban J connectivity index is 1.27. The van der Waals surface area contributed by atoms with Gasteiger partial charge in [-0.1, -0.05) is 125 Å². The lowest BCUT2D eigenvalue weighted by Crippen LogP contribution is -2.18. The average Bonchev–Trinajstić information content (AvgIpc) is 3.43. The number of nitrogens with zero attached hydrogens (tertiary/aromatic N) is 1. The maximum Gasteiger partial charge on any atom is 0.0540 e. The minimum absolute atomic E-state index is 0.0735. The number of fused-ring (bicyclic) bond motifs is 8.